The van der Waals surface area contributed by atoms with Crippen LogP contribution in [0, 0.1) is 0 Å². The highest BCUT2D eigenvalue weighted by atomic mass is 16.5. The summed E-state index contributed by atoms with van der Waals surface area (Å²) in [6, 6.07) is 17.4. The monoisotopic (exact) mass is 350 g/mol. The molecule has 0 spiro atoms. The Morgan fingerprint density at radius 3 is 2.31 bits per heavy atom. The van der Waals surface area contributed by atoms with E-state index in [1.165, 1.54) is 6.26 Å². The van der Waals surface area contributed by atoms with Crippen molar-refractivity contribution in [3.05, 3.63) is 83.8 Å². The summed E-state index contributed by atoms with van der Waals surface area (Å²) in [5, 5.41) is 5.59. The number of carbonyl (C=O) groups is 2. The molecule has 132 valence electrons. The van der Waals surface area contributed by atoms with E-state index in [2.05, 4.69) is 10.6 Å². The Kier molecular flexibility index (Phi) is 5.34. The number of carbonyl (C=O) groups excluding carboxylic acids is 2. The van der Waals surface area contributed by atoms with E-state index in [0.717, 1.165) is 5.56 Å². The number of amides is 2. The maximum Gasteiger partial charge on any atom is 0.291 e. The van der Waals surface area contributed by atoms with Crippen LogP contribution < -0.4 is 15.4 Å². The average Bonchev–Trinajstić information content (AvgIpc) is 3.22. The molecule has 6 heteroatoms. The van der Waals surface area contributed by atoms with Gasteiger partial charge in [0, 0.05) is 17.8 Å². The van der Waals surface area contributed by atoms with Crippen molar-refractivity contribution in [2.45, 2.75) is 6.54 Å². The fourth-order valence-corrected chi connectivity index (χ4v) is 2.33. The molecule has 0 fully saturated rings. The van der Waals surface area contributed by atoms with E-state index in [0.29, 0.717) is 23.5 Å². The summed E-state index contributed by atoms with van der Waals surface area (Å²) in [6.45, 7) is 0.386. The number of benzene rings is 2. The minimum atomic E-state index is -0.310. The normalized spacial score (nSPS) is 10.2. The molecule has 0 atom stereocenters. The van der Waals surface area contributed by atoms with Gasteiger partial charge in [0.25, 0.3) is 11.8 Å². The molecule has 2 aromatic carbocycles. The van der Waals surface area contributed by atoms with Crippen molar-refractivity contribution in [2.75, 3.05) is 12.4 Å². The zero-order valence-corrected chi connectivity index (χ0v) is 14.2. The van der Waals surface area contributed by atoms with Crippen molar-refractivity contribution >= 4 is 17.5 Å². The van der Waals surface area contributed by atoms with Crippen molar-refractivity contribution in [1.82, 2.24) is 5.32 Å². The number of hydrogen-bond donors (Lipinski definition) is 2. The lowest BCUT2D eigenvalue weighted by Gasteiger charge is -2.08. The molecule has 0 unspecified atom stereocenters. The van der Waals surface area contributed by atoms with E-state index in [-0.39, 0.29) is 17.6 Å². The first-order chi connectivity index (χ1) is 12.7. The van der Waals surface area contributed by atoms with Crippen LogP contribution in [0.25, 0.3) is 0 Å². The summed E-state index contributed by atoms with van der Waals surface area (Å²) in [6.07, 6.45) is 1.45. The quantitative estimate of drug-likeness (QED) is 0.713. The van der Waals surface area contributed by atoms with Crippen LogP contribution in [-0.2, 0) is 6.54 Å². The second kappa shape index (κ2) is 8.02. The molecule has 0 saturated heterocycles. The number of furan rings is 1. The van der Waals surface area contributed by atoms with Crippen molar-refractivity contribution < 1.29 is 18.7 Å². The Hall–Kier alpha value is -3.54. The van der Waals surface area contributed by atoms with Crippen LogP contribution in [0.1, 0.15) is 26.5 Å². The van der Waals surface area contributed by atoms with Gasteiger partial charge >= 0.3 is 0 Å². The number of nitrogens with one attached hydrogen (secondary N) is 2. The summed E-state index contributed by atoms with van der Waals surface area (Å²) < 4.78 is 10.1. The molecule has 26 heavy (non-hydrogen) atoms. The number of ether oxygens (including phenoxy) is 1. The van der Waals surface area contributed by atoms with Crippen LogP contribution in [-0.4, -0.2) is 18.9 Å². The van der Waals surface area contributed by atoms with Gasteiger partial charge in [0.05, 0.1) is 13.4 Å². The van der Waals surface area contributed by atoms with E-state index >= 15 is 0 Å². The van der Waals surface area contributed by atoms with E-state index in [4.69, 9.17) is 9.15 Å². The van der Waals surface area contributed by atoms with Crippen LogP contribution >= 0.6 is 0 Å². The van der Waals surface area contributed by atoms with Gasteiger partial charge in [-0.2, -0.15) is 0 Å². The maximum absolute atomic E-state index is 12.1. The molecule has 0 aliphatic rings. The molecule has 0 aliphatic heterocycles. The molecule has 2 amide bonds. The molecule has 2 N–H and O–H groups in total. The lowest BCUT2D eigenvalue weighted by atomic mass is 10.1. The first kappa shape index (κ1) is 17.3. The van der Waals surface area contributed by atoms with Crippen LogP contribution in [0.15, 0.2) is 71.3 Å². The number of hydrogen-bond acceptors (Lipinski definition) is 4. The van der Waals surface area contributed by atoms with Crippen molar-refractivity contribution in [2.24, 2.45) is 0 Å². The second-order valence-corrected chi connectivity index (χ2v) is 5.54. The summed E-state index contributed by atoms with van der Waals surface area (Å²) in [7, 11) is 1.58. The zero-order chi connectivity index (χ0) is 18.4. The number of anilines is 1. The highest BCUT2D eigenvalue weighted by Crippen LogP contribution is 2.13. The predicted molar refractivity (Wildman–Crippen MR) is 97.3 cm³/mol. The van der Waals surface area contributed by atoms with Gasteiger partial charge in [-0.25, -0.2) is 0 Å². The SMILES string of the molecule is COc1ccc(C(=O)NCc2ccc(NC(=O)c3ccco3)cc2)cc1. The van der Waals surface area contributed by atoms with Gasteiger partial charge in [-0.1, -0.05) is 12.1 Å². The Bertz CT molecular complexity index is 869. The van der Waals surface area contributed by atoms with Crippen LogP contribution in [0.2, 0.25) is 0 Å². The van der Waals surface area contributed by atoms with Gasteiger partial charge in [-0.3, -0.25) is 9.59 Å². The Morgan fingerprint density at radius 2 is 1.69 bits per heavy atom. The maximum atomic E-state index is 12.1. The Labute approximate surface area is 150 Å². The van der Waals surface area contributed by atoms with Gasteiger partial charge in [0.1, 0.15) is 5.75 Å². The third-order valence-corrected chi connectivity index (χ3v) is 3.76. The zero-order valence-electron chi connectivity index (χ0n) is 14.2. The van der Waals surface area contributed by atoms with Gasteiger partial charge < -0.3 is 19.8 Å². The van der Waals surface area contributed by atoms with Gasteiger partial charge in [-0.05, 0) is 54.1 Å². The summed E-state index contributed by atoms with van der Waals surface area (Å²) >= 11 is 0. The number of rotatable bonds is 6. The van der Waals surface area contributed by atoms with Crippen LogP contribution in [0.4, 0.5) is 5.69 Å². The fraction of sp³-hybridized carbons (Fsp3) is 0.100. The van der Waals surface area contributed by atoms with Gasteiger partial charge in [0.15, 0.2) is 5.76 Å². The Morgan fingerprint density at radius 1 is 0.962 bits per heavy atom. The molecule has 3 aromatic rings. The topological polar surface area (TPSA) is 80.6 Å². The van der Waals surface area contributed by atoms with Crippen molar-refractivity contribution in [3.8, 4) is 5.75 Å². The van der Waals surface area contributed by atoms with Gasteiger partial charge in [-0.15, -0.1) is 0 Å². The van der Waals surface area contributed by atoms with Crippen molar-refractivity contribution in [3.63, 3.8) is 0 Å². The molecular weight excluding hydrogens is 332 g/mol. The summed E-state index contributed by atoms with van der Waals surface area (Å²) in [5.41, 5.74) is 2.13. The average molecular weight is 350 g/mol. The molecule has 0 aliphatic carbocycles. The molecule has 0 saturated carbocycles. The lowest BCUT2D eigenvalue weighted by Crippen LogP contribution is -2.22. The fourth-order valence-electron chi connectivity index (χ4n) is 2.33. The predicted octanol–water partition coefficient (Wildman–Crippen LogP) is 3.47. The smallest absolute Gasteiger partial charge is 0.291 e. The molecule has 1 aromatic heterocycles. The van der Waals surface area contributed by atoms with E-state index < -0.39 is 0 Å². The number of methoxy groups -OCH3 is 1. The van der Waals surface area contributed by atoms with Crippen LogP contribution in [0.5, 0.6) is 5.75 Å². The summed E-state index contributed by atoms with van der Waals surface area (Å²) in [5.74, 6) is 0.480. The van der Waals surface area contributed by atoms with E-state index in [9.17, 15) is 9.59 Å². The lowest BCUT2D eigenvalue weighted by molar-refractivity contribution is 0.0949. The molecule has 6 nitrogen and oxygen atoms in total. The molecular formula is C20H18N2O4. The standard InChI is InChI=1S/C20H18N2O4/c1-25-17-10-6-15(7-11-17)19(23)21-13-14-4-8-16(9-5-14)22-20(24)18-3-2-12-26-18/h2-12H,13H2,1H3,(H,21,23)(H,22,24). The Balaban J connectivity index is 1.53. The minimum Gasteiger partial charge on any atom is -0.497 e. The molecule has 1 heterocycles. The second-order valence-electron chi connectivity index (χ2n) is 5.54. The third kappa shape index (κ3) is 4.30. The van der Waals surface area contributed by atoms with E-state index in [1.807, 2.05) is 12.1 Å². The largest absolute Gasteiger partial charge is 0.497 e. The first-order valence-electron chi connectivity index (χ1n) is 8.02. The van der Waals surface area contributed by atoms with Gasteiger partial charge in [0.2, 0.25) is 0 Å². The molecule has 0 bridgehead atoms. The first-order valence-corrected chi connectivity index (χ1v) is 8.02. The van der Waals surface area contributed by atoms with Crippen LogP contribution in [0.3, 0.4) is 0 Å². The molecule has 0 radical (unpaired) electrons. The van der Waals surface area contributed by atoms with Crippen molar-refractivity contribution in [1.29, 1.82) is 0 Å². The highest BCUT2D eigenvalue weighted by Gasteiger charge is 2.09. The van der Waals surface area contributed by atoms with E-state index in [1.54, 1.807) is 55.6 Å². The third-order valence-electron chi connectivity index (χ3n) is 3.76. The molecule has 3 rings (SSSR count). The minimum absolute atomic E-state index is 0.164. The highest BCUT2D eigenvalue weighted by molar-refractivity contribution is 6.02. The summed E-state index contributed by atoms with van der Waals surface area (Å²) in [4.78, 5) is 24.0.